The lowest BCUT2D eigenvalue weighted by Gasteiger charge is -2.23. The first kappa shape index (κ1) is 21.3. The second-order valence-corrected chi connectivity index (χ2v) is 8.97. The minimum atomic E-state index is 0.187. The average Bonchev–Trinajstić information content (AvgIpc) is 3.50. The zero-order chi connectivity index (χ0) is 21.6. The molecule has 0 saturated carbocycles. The van der Waals surface area contributed by atoms with Crippen LogP contribution in [0.5, 0.6) is 0 Å². The van der Waals surface area contributed by atoms with Crippen molar-refractivity contribution in [3.05, 3.63) is 84.4 Å². The Kier molecular flexibility index (Phi) is 6.79. The topological polar surface area (TPSA) is 64.7 Å². The van der Waals surface area contributed by atoms with Gasteiger partial charge in [-0.2, -0.15) is 11.8 Å². The predicted octanol–water partition coefficient (Wildman–Crippen LogP) is 4.34. The van der Waals surface area contributed by atoms with Gasteiger partial charge < -0.3 is 0 Å². The fraction of sp³-hybridized carbons (Fsp3) is 0.304. The fourth-order valence-corrected chi connectivity index (χ4v) is 4.25. The number of rotatable bonds is 9. The van der Waals surface area contributed by atoms with E-state index in [-0.39, 0.29) is 11.3 Å². The van der Waals surface area contributed by atoms with Crippen LogP contribution in [-0.2, 0) is 0 Å². The second-order valence-electron chi connectivity index (χ2n) is 7.52. The van der Waals surface area contributed by atoms with Crippen LogP contribution in [0.4, 0.5) is 0 Å². The van der Waals surface area contributed by atoms with Gasteiger partial charge in [-0.1, -0.05) is 46.8 Å². The molecule has 0 saturated heterocycles. The molecule has 0 radical (unpaired) electrons. The molecule has 0 bridgehead atoms. The van der Waals surface area contributed by atoms with E-state index in [0.717, 1.165) is 35.1 Å². The largest absolute Gasteiger partial charge is 0.297 e. The lowest BCUT2D eigenvalue weighted by molar-refractivity contribution is 0.273. The van der Waals surface area contributed by atoms with E-state index in [2.05, 4.69) is 46.4 Å². The number of nitrogens with zero attached hydrogens (tertiary/aromatic N) is 7. The molecule has 2 aromatic carbocycles. The van der Waals surface area contributed by atoms with E-state index in [1.165, 1.54) is 0 Å². The van der Waals surface area contributed by atoms with Gasteiger partial charge in [0.15, 0.2) is 0 Å². The number of aromatic nitrogens is 6. The van der Waals surface area contributed by atoms with Crippen LogP contribution < -0.4 is 0 Å². The van der Waals surface area contributed by atoms with Crippen LogP contribution in [0, 0.1) is 0 Å². The van der Waals surface area contributed by atoms with Crippen molar-refractivity contribution < 1.29 is 0 Å². The summed E-state index contributed by atoms with van der Waals surface area (Å²) in [4.78, 5) is 2.31. The Hall–Kier alpha value is -2.97. The van der Waals surface area contributed by atoms with E-state index >= 15 is 0 Å². The second kappa shape index (κ2) is 9.89. The van der Waals surface area contributed by atoms with Crippen molar-refractivity contribution in [2.24, 2.45) is 0 Å². The smallest absolute Gasteiger partial charge is 0.1000 e. The molecule has 0 fully saturated rings. The van der Waals surface area contributed by atoms with Gasteiger partial charge in [0.1, 0.15) is 0 Å². The first-order chi connectivity index (χ1) is 15.1. The molecule has 4 rings (SSSR count). The summed E-state index contributed by atoms with van der Waals surface area (Å²) < 4.78 is 3.66. The van der Waals surface area contributed by atoms with Crippen molar-refractivity contribution in [1.29, 1.82) is 0 Å². The Morgan fingerprint density at radius 2 is 1.32 bits per heavy atom. The number of hydrogen-bond donors (Lipinski definition) is 0. The summed E-state index contributed by atoms with van der Waals surface area (Å²) in [7, 11) is 2.13. The van der Waals surface area contributed by atoms with Crippen LogP contribution in [0.15, 0.2) is 73.1 Å². The van der Waals surface area contributed by atoms with Gasteiger partial charge in [-0.25, -0.2) is 9.36 Å². The van der Waals surface area contributed by atoms with Crippen LogP contribution in [0.25, 0.3) is 11.4 Å². The molecule has 0 aliphatic heterocycles. The Bertz CT molecular complexity index is 1080. The normalized spacial score (nSPS) is 13.4. The fourth-order valence-electron chi connectivity index (χ4n) is 3.22. The lowest BCUT2D eigenvalue weighted by atomic mass is 10.2. The van der Waals surface area contributed by atoms with E-state index in [9.17, 15) is 0 Å². The van der Waals surface area contributed by atoms with E-state index in [4.69, 9.17) is 0 Å². The number of hydrogen-bond acceptors (Lipinski definition) is 6. The summed E-state index contributed by atoms with van der Waals surface area (Å²) >= 11 is 1.88. The minimum Gasteiger partial charge on any atom is -0.297 e. The molecule has 4 aromatic rings. The maximum absolute atomic E-state index is 4.38. The molecule has 2 atom stereocenters. The van der Waals surface area contributed by atoms with E-state index < -0.39 is 0 Å². The average molecular weight is 434 g/mol. The van der Waals surface area contributed by atoms with Crippen molar-refractivity contribution in [3.8, 4) is 11.4 Å². The van der Waals surface area contributed by atoms with Gasteiger partial charge in [-0.3, -0.25) is 4.90 Å². The van der Waals surface area contributed by atoms with Crippen LogP contribution in [0.3, 0.4) is 0 Å². The monoisotopic (exact) mass is 433 g/mol. The molecule has 0 aliphatic carbocycles. The molecule has 0 amide bonds. The molecular weight excluding hydrogens is 406 g/mol. The van der Waals surface area contributed by atoms with Gasteiger partial charge in [0.25, 0.3) is 0 Å². The van der Waals surface area contributed by atoms with Crippen molar-refractivity contribution in [3.63, 3.8) is 0 Å². The Labute approximate surface area is 187 Å². The zero-order valence-corrected chi connectivity index (χ0v) is 18.9. The van der Waals surface area contributed by atoms with Crippen molar-refractivity contribution in [2.75, 3.05) is 19.3 Å². The molecule has 7 nitrogen and oxygen atoms in total. The van der Waals surface area contributed by atoms with Crippen LogP contribution >= 0.6 is 11.8 Å². The van der Waals surface area contributed by atoms with Gasteiger partial charge in [0, 0.05) is 17.5 Å². The molecule has 2 aromatic heterocycles. The van der Waals surface area contributed by atoms with Gasteiger partial charge in [0.05, 0.1) is 41.2 Å². The third-order valence-corrected chi connectivity index (χ3v) is 6.54. The van der Waals surface area contributed by atoms with Crippen molar-refractivity contribution >= 4 is 11.8 Å². The van der Waals surface area contributed by atoms with E-state index in [1.807, 2.05) is 94.2 Å². The summed E-state index contributed by atoms with van der Waals surface area (Å²) in [5.74, 6) is 0.993. The summed E-state index contributed by atoms with van der Waals surface area (Å²) in [6.45, 7) is 5.29. The van der Waals surface area contributed by atoms with Gasteiger partial charge in [-0.05, 0) is 45.2 Å². The molecule has 0 spiro atoms. The van der Waals surface area contributed by atoms with Crippen LogP contribution in [0.1, 0.15) is 36.5 Å². The molecule has 2 heterocycles. The molecule has 0 aliphatic rings. The first-order valence-corrected chi connectivity index (χ1v) is 11.4. The van der Waals surface area contributed by atoms with Crippen LogP contribution in [0.2, 0.25) is 0 Å². The highest BCUT2D eigenvalue weighted by atomic mass is 32.2. The quantitative estimate of drug-likeness (QED) is 0.391. The first-order valence-electron chi connectivity index (χ1n) is 10.4. The highest BCUT2D eigenvalue weighted by Gasteiger charge is 2.17. The third kappa shape index (κ3) is 5.21. The molecular formula is C23H27N7S. The highest BCUT2D eigenvalue weighted by Crippen LogP contribution is 2.27. The van der Waals surface area contributed by atoms with Crippen LogP contribution in [-0.4, -0.2) is 54.2 Å². The SMILES string of the molecule is C[C@H](SCCN(C)[C@H](C)c1cn(-c2ccccc2)nn1)c1cn(-c2ccccc2)nn1. The van der Waals surface area contributed by atoms with E-state index in [1.54, 1.807) is 0 Å². The Balaban J connectivity index is 1.28. The Morgan fingerprint density at radius 3 is 1.90 bits per heavy atom. The number of thioether (sulfide) groups is 1. The molecule has 0 N–H and O–H groups in total. The number of benzene rings is 2. The summed E-state index contributed by atoms with van der Waals surface area (Å²) in [6.07, 6.45) is 4.02. The molecule has 160 valence electrons. The molecule has 0 unspecified atom stereocenters. The van der Waals surface area contributed by atoms with Gasteiger partial charge >= 0.3 is 0 Å². The summed E-state index contributed by atoms with van der Waals surface area (Å²) in [5.41, 5.74) is 4.00. The third-order valence-electron chi connectivity index (χ3n) is 5.38. The molecule has 8 heteroatoms. The van der Waals surface area contributed by atoms with Crippen molar-refractivity contribution in [2.45, 2.75) is 25.1 Å². The van der Waals surface area contributed by atoms with E-state index in [0.29, 0.717) is 0 Å². The van der Waals surface area contributed by atoms with Gasteiger partial charge in [0.2, 0.25) is 0 Å². The lowest BCUT2D eigenvalue weighted by Crippen LogP contribution is -2.25. The van der Waals surface area contributed by atoms with Gasteiger partial charge in [-0.15, -0.1) is 10.2 Å². The maximum Gasteiger partial charge on any atom is 0.1000 e. The highest BCUT2D eigenvalue weighted by molar-refractivity contribution is 7.99. The van der Waals surface area contributed by atoms with Crippen molar-refractivity contribution in [1.82, 2.24) is 34.9 Å². The molecule has 31 heavy (non-hydrogen) atoms. The maximum atomic E-state index is 4.38. The zero-order valence-electron chi connectivity index (χ0n) is 18.0. The minimum absolute atomic E-state index is 0.187. The summed E-state index contributed by atoms with van der Waals surface area (Å²) in [5, 5.41) is 17.6. The number of para-hydroxylation sites is 2. The Morgan fingerprint density at radius 1 is 0.806 bits per heavy atom. The predicted molar refractivity (Wildman–Crippen MR) is 125 cm³/mol. The summed E-state index contributed by atoms with van der Waals surface area (Å²) in [6, 6.07) is 20.3. The standard InChI is InChI=1S/C23H27N7S/c1-18(22-16-29(26-24-22)20-10-6-4-7-11-20)28(3)14-15-31-19(2)23-17-30(27-25-23)21-12-8-5-9-13-21/h4-13,16-19H,14-15H2,1-3H3/t18-,19+/m1/s1.